The van der Waals surface area contributed by atoms with E-state index in [1.807, 2.05) is 25.4 Å². The molecule has 0 saturated heterocycles. The van der Waals surface area contributed by atoms with Crippen molar-refractivity contribution in [2.24, 2.45) is 0 Å². The van der Waals surface area contributed by atoms with E-state index in [0.717, 1.165) is 37.7 Å². The van der Waals surface area contributed by atoms with E-state index >= 15 is 0 Å². The second-order valence-electron chi connectivity index (χ2n) is 4.91. The fraction of sp³-hybridized carbons (Fsp3) is 0.357. The molecule has 3 rings (SSSR count). The van der Waals surface area contributed by atoms with Crippen molar-refractivity contribution in [2.75, 3.05) is 12.3 Å². The number of hydrogen-bond donors (Lipinski definition) is 1. The largest absolute Gasteiger partial charge is 0.399 e. The number of fused-ring (bicyclic) bond motifs is 1. The van der Waals surface area contributed by atoms with E-state index in [-0.39, 0.29) is 0 Å². The zero-order valence-corrected chi connectivity index (χ0v) is 10.6. The van der Waals surface area contributed by atoms with Gasteiger partial charge in [-0.25, -0.2) is 4.98 Å². The molecule has 0 amide bonds. The van der Waals surface area contributed by atoms with Crippen LogP contribution >= 0.6 is 0 Å². The van der Waals surface area contributed by atoms with Crippen molar-refractivity contribution in [2.45, 2.75) is 26.6 Å². The molecule has 0 bridgehead atoms. The Kier molecular flexibility index (Phi) is 2.80. The van der Waals surface area contributed by atoms with Crippen LogP contribution in [0.5, 0.6) is 0 Å². The van der Waals surface area contributed by atoms with Crippen LogP contribution in [0.4, 0.5) is 5.69 Å². The first-order valence-electron chi connectivity index (χ1n) is 6.30. The lowest BCUT2D eigenvalue weighted by molar-refractivity contribution is 0.271. The van der Waals surface area contributed by atoms with E-state index < -0.39 is 0 Å². The predicted octanol–water partition coefficient (Wildman–Crippen LogP) is 1.79. The van der Waals surface area contributed by atoms with Gasteiger partial charge in [-0.15, -0.1) is 0 Å². The third-order valence-electron chi connectivity index (χ3n) is 3.60. The summed E-state index contributed by atoms with van der Waals surface area (Å²) in [5.41, 5.74) is 9.46. The van der Waals surface area contributed by atoms with Crippen LogP contribution < -0.4 is 5.73 Å². The number of aromatic nitrogens is 2. The van der Waals surface area contributed by atoms with Gasteiger partial charge in [-0.3, -0.25) is 4.90 Å². The lowest BCUT2D eigenvalue weighted by Gasteiger charge is -2.15. The molecular weight excluding hydrogens is 224 g/mol. The van der Waals surface area contributed by atoms with Gasteiger partial charge in [0.2, 0.25) is 0 Å². The summed E-state index contributed by atoms with van der Waals surface area (Å²) in [6.07, 6.45) is 3.89. The Morgan fingerprint density at radius 2 is 2.06 bits per heavy atom. The number of nitrogens with zero attached hydrogens (tertiary/aromatic N) is 3. The van der Waals surface area contributed by atoms with E-state index in [9.17, 15) is 0 Å². The van der Waals surface area contributed by atoms with Crippen LogP contribution in [0.15, 0.2) is 30.6 Å². The lowest BCUT2D eigenvalue weighted by Crippen LogP contribution is -2.22. The molecule has 0 unspecified atom stereocenters. The third kappa shape index (κ3) is 2.11. The SMILES string of the molecule is Cc1nccn1CCN1Cc2ccc(N)cc2C1. The summed E-state index contributed by atoms with van der Waals surface area (Å²) in [7, 11) is 0. The standard InChI is InChI=1S/C14H18N4/c1-11-16-4-5-18(11)7-6-17-9-12-2-3-14(15)8-13(12)10-17/h2-5,8H,6-7,9-10,15H2,1H3. The third-order valence-corrected chi connectivity index (χ3v) is 3.60. The Morgan fingerprint density at radius 1 is 1.22 bits per heavy atom. The molecule has 0 aliphatic carbocycles. The highest BCUT2D eigenvalue weighted by Crippen LogP contribution is 2.24. The van der Waals surface area contributed by atoms with Gasteiger partial charge < -0.3 is 10.3 Å². The van der Waals surface area contributed by atoms with Crippen molar-refractivity contribution in [3.05, 3.63) is 47.5 Å². The molecule has 1 aromatic heterocycles. The molecule has 1 aliphatic heterocycles. The summed E-state index contributed by atoms with van der Waals surface area (Å²) in [5, 5.41) is 0. The van der Waals surface area contributed by atoms with Gasteiger partial charge in [0.25, 0.3) is 0 Å². The molecule has 0 fully saturated rings. The van der Waals surface area contributed by atoms with Gasteiger partial charge in [0.1, 0.15) is 5.82 Å². The summed E-state index contributed by atoms with van der Waals surface area (Å²) in [5.74, 6) is 1.08. The average molecular weight is 242 g/mol. The summed E-state index contributed by atoms with van der Waals surface area (Å²) in [6.45, 7) is 6.12. The van der Waals surface area contributed by atoms with Crippen molar-refractivity contribution >= 4 is 5.69 Å². The molecule has 2 heterocycles. The summed E-state index contributed by atoms with van der Waals surface area (Å²) in [6, 6.07) is 6.23. The maximum Gasteiger partial charge on any atom is 0.105 e. The molecule has 18 heavy (non-hydrogen) atoms. The van der Waals surface area contributed by atoms with Crippen molar-refractivity contribution in [3.63, 3.8) is 0 Å². The number of anilines is 1. The number of nitrogens with two attached hydrogens (primary N) is 1. The highest BCUT2D eigenvalue weighted by molar-refractivity contribution is 5.46. The van der Waals surface area contributed by atoms with E-state index in [1.54, 1.807) is 0 Å². The van der Waals surface area contributed by atoms with Crippen LogP contribution in [0.3, 0.4) is 0 Å². The Balaban J connectivity index is 1.63. The van der Waals surface area contributed by atoms with Gasteiger partial charge in [-0.05, 0) is 30.2 Å². The number of hydrogen-bond acceptors (Lipinski definition) is 3. The Labute approximate surface area is 107 Å². The van der Waals surface area contributed by atoms with Crippen LogP contribution in [0.2, 0.25) is 0 Å². The molecule has 4 heteroatoms. The number of aryl methyl sites for hydroxylation is 1. The fourth-order valence-corrected chi connectivity index (χ4v) is 2.53. The Hall–Kier alpha value is -1.81. The van der Waals surface area contributed by atoms with Crippen molar-refractivity contribution in [1.29, 1.82) is 0 Å². The van der Waals surface area contributed by atoms with Crippen molar-refractivity contribution < 1.29 is 0 Å². The number of benzene rings is 1. The van der Waals surface area contributed by atoms with Crippen LogP contribution in [-0.4, -0.2) is 21.0 Å². The number of imidazole rings is 1. The first-order valence-corrected chi connectivity index (χ1v) is 6.30. The summed E-state index contributed by atoms with van der Waals surface area (Å²) >= 11 is 0. The second-order valence-corrected chi connectivity index (χ2v) is 4.91. The summed E-state index contributed by atoms with van der Waals surface area (Å²) < 4.78 is 2.19. The van der Waals surface area contributed by atoms with E-state index in [1.165, 1.54) is 11.1 Å². The monoisotopic (exact) mass is 242 g/mol. The zero-order chi connectivity index (χ0) is 12.5. The minimum absolute atomic E-state index is 0.862. The quantitative estimate of drug-likeness (QED) is 0.835. The average Bonchev–Trinajstić information content (AvgIpc) is 2.92. The molecule has 4 nitrogen and oxygen atoms in total. The molecule has 0 radical (unpaired) electrons. The highest BCUT2D eigenvalue weighted by atomic mass is 15.2. The number of rotatable bonds is 3. The highest BCUT2D eigenvalue weighted by Gasteiger charge is 2.18. The molecule has 0 atom stereocenters. The Bertz CT molecular complexity index is 559. The van der Waals surface area contributed by atoms with E-state index in [0.29, 0.717) is 0 Å². The molecule has 94 valence electrons. The zero-order valence-electron chi connectivity index (χ0n) is 10.6. The van der Waals surface area contributed by atoms with Crippen LogP contribution in [0.1, 0.15) is 17.0 Å². The molecule has 1 aliphatic rings. The van der Waals surface area contributed by atoms with Gasteiger partial charge >= 0.3 is 0 Å². The van der Waals surface area contributed by atoms with Gasteiger partial charge in [0.05, 0.1) is 0 Å². The normalized spacial score (nSPS) is 14.9. The lowest BCUT2D eigenvalue weighted by atomic mass is 10.1. The maximum atomic E-state index is 5.82. The molecule has 1 aromatic carbocycles. The van der Waals surface area contributed by atoms with Gasteiger partial charge in [-0.2, -0.15) is 0 Å². The minimum atomic E-state index is 0.862. The van der Waals surface area contributed by atoms with Gasteiger partial charge in [0, 0.05) is 44.3 Å². The maximum absolute atomic E-state index is 5.82. The minimum Gasteiger partial charge on any atom is -0.399 e. The first kappa shape index (κ1) is 11.3. The van der Waals surface area contributed by atoms with Crippen LogP contribution in [0.25, 0.3) is 0 Å². The van der Waals surface area contributed by atoms with Gasteiger partial charge in [-0.1, -0.05) is 6.07 Å². The van der Waals surface area contributed by atoms with E-state index in [2.05, 4.69) is 26.6 Å². The molecular formula is C14H18N4. The van der Waals surface area contributed by atoms with Crippen molar-refractivity contribution in [1.82, 2.24) is 14.5 Å². The predicted molar refractivity (Wildman–Crippen MR) is 71.9 cm³/mol. The van der Waals surface area contributed by atoms with Crippen molar-refractivity contribution in [3.8, 4) is 0 Å². The topological polar surface area (TPSA) is 47.1 Å². The molecule has 2 aromatic rings. The number of nitrogen functional groups attached to an aromatic ring is 1. The summed E-state index contributed by atoms with van der Waals surface area (Å²) in [4.78, 5) is 6.69. The second kappa shape index (κ2) is 4.46. The van der Waals surface area contributed by atoms with E-state index in [4.69, 9.17) is 5.73 Å². The van der Waals surface area contributed by atoms with Crippen LogP contribution in [0, 0.1) is 6.92 Å². The van der Waals surface area contributed by atoms with Gasteiger partial charge in [0.15, 0.2) is 0 Å². The fourth-order valence-electron chi connectivity index (χ4n) is 2.53. The first-order chi connectivity index (χ1) is 8.72. The Morgan fingerprint density at radius 3 is 2.83 bits per heavy atom. The molecule has 0 saturated carbocycles. The van der Waals surface area contributed by atoms with Crippen LogP contribution in [-0.2, 0) is 19.6 Å². The smallest absolute Gasteiger partial charge is 0.105 e. The molecule has 0 spiro atoms. The molecule has 2 N–H and O–H groups in total.